The van der Waals surface area contributed by atoms with Gasteiger partial charge in [-0.05, 0) is 0 Å². The van der Waals surface area contributed by atoms with Gasteiger partial charge in [0, 0.05) is 18.9 Å². The Kier molecular flexibility index (Phi) is 5.16. The molecular formula is C8H15N3O2. The Balaban J connectivity index is 1.90. The molecule has 13 heavy (non-hydrogen) atoms. The fourth-order valence-electron chi connectivity index (χ4n) is 0.912. The number of nitrogens with one attached hydrogen (secondary N) is 2. The Morgan fingerprint density at radius 1 is 1.54 bits per heavy atom. The van der Waals surface area contributed by atoms with Gasteiger partial charge < -0.3 is 20.1 Å². The third kappa shape index (κ3) is 4.62. The van der Waals surface area contributed by atoms with E-state index >= 15 is 0 Å². The molecule has 5 nitrogen and oxygen atoms in total. The number of hydrogen-bond donors (Lipinski definition) is 3. The lowest BCUT2D eigenvalue weighted by molar-refractivity contribution is 0.0937. The minimum atomic E-state index is 0.0815. The molecule has 0 aliphatic rings. The van der Waals surface area contributed by atoms with Gasteiger partial charge in [0.05, 0.1) is 26.4 Å². The van der Waals surface area contributed by atoms with E-state index in [-0.39, 0.29) is 6.61 Å². The van der Waals surface area contributed by atoms with E-state index in [1.54, 1.807) is 12.4 Å². The molecule has 0 saturated heterocycles. The van der Waals surface area contributed by atoms with Crippen LogP contribution in [-0.4, -0.2) is 41.4 Å². The first-order valence-corrected chi connectivity index (χ1v) is 4.31. The molecule has 0 radical (unpaired) electrons. The predicted molar refractivity (Wildman–Crippen MR) is 48.2 cm³/mol. The highest BCUT2D eigenvalue weighted by atomic mass is 16.5. The monoisotopic (exact) mass is 185 g/mol. The molecule has 0 fully saturated rings. The summed E-state index contributed by atoms with van der Waals surface area (Å²) in [6, 6.07) is 0. The van der Waals surface area contributed by atoms with Gasteiger partial charge in [-0.2, -0.15) is 0 Å². The molecule has 0 amide bonds. The average molecular weight is 185 g/mol. The summed E-state index contributed by atoms with van der Waals surface area (Å²) >= 11 is 0. The Hall–Kier alpha value is -0.910. The van der Waals surface area contributed by atoms with Crippen molar-refractivity contribution in [3.05, 3.63) is 18.2 Å². The van der Waals surface area contributed by atoms with E-state index in [4.69, 9.17) is 9.84 Å². The zero-order chi connectivity index (χ0) is 9.36. The summed E-state index contributed by atoms with van der Waals surface area (Å²) in [7, 11) is 0. The molecule has 0 saturated carbocycles. The minimum Gasteiger partial charge on any atom is -0.394 e. The summed E-state index contributed by atoms with van der Waals surface area (Å²) < 4.78 is 5.06. The molecule has 0 bridgehead atoms. The molecule has 1 rings (SSSR count). The van der Waals surface area contributed by atoms with E-state index in [0.29, 0.717) is 13.2 Å². The number of aromatic nitrogens is 2. The lowest BCUT2D eigenvalue weighted by atomic mass is 10.5. The van der Waals surface area contributed by atoms with Crippen molar-refractivity contribution in [3.8, 4) is 0 Å². The summed E-state index contributed by atoms with van der Waals surface area (Å²) in [6.07, 6.45) is 3.51. The van der Waals surface area contributed by atoms with Gasteiger partial charge in [-0.3, -0.25) is 0 Å². The van der Waals surface area contributed by atoms with E-state index in [2.05, 4.69) is 15.3 Å². The van der Waals surface area contributed by atoms with Gasteiger partial charge in [0.2, 0.25) is 0 Å². The molecule has 0 unspecified atom stereocenters. The van der Waals surface area contributed by atoms with Crippen LogP contribution in [0.2, 0.25) is 0 Å². The van der Waals surface area contributed by atoms with Gasteiger partial charge >= 0.3 is 0 Å². The van der Waals surface area contributed by atoms with Crippen LogP contribution in [0.5, 0.6) is 0 Å². The van der Waals surface area contributed by atoms with E-state index in [0.717, 1.165) is 18.9 Å². The highest BCUT2D eigenvalue weighted by molar-refractivity contribution is 4.85. The van der Waals surface area contributed by atoms with Crippen LogP contribution in [0.4, 0.5) is 0 Å². The number of ether oxygens (including phenoxy) is 1. The van der Waals surface area contributed by atoms with Gasteiger partial charge in [-0.1, -0.05) is 0 Å². The fourth-order valence-corrected chi connectivity index (χ4v) is 0.912. The Morgan fingerprint density at radius 3 is 3.15 bits per heavy atom. The molecule has 1 heterocycles. The number of hydrogen-bond acceptors (Lipinski definition) is 4. The molecular weight excluding hydrogens is 170 g/mol. The smallest absolute Gasteiger partial charge is 0.120 e. The second kappa shape index (κ2) is 6.59. The zero-order valence-electron chi connectivity index (χ0n) is 7.49. The third-order valence-corrected chi connectivity index (χ3v) is 1.51. The van der Waals surface area contributed by atoms with E-state index in [1.165, 1.54) is 0 Å². The first-order valence-electron chi connectivity index (χ1n) is 4.31. The standard InChI is InChI=1S/C8H15N3O2/c12-4-6-13-5-3-9-7-8-10-1-2-11-8/h1-2,9,12H,3-7H2,(H,10,11). The highest BCUT2D eigenvalue weighted by Crippen LogP contribution is 1.85. The minimum absolute atomic E-state index is 0.0815. The second-order valence-corrected chi connectivity index (χ2v) is 2.55. The number of H-pyrrole nitrogens is 1. The van der Waals surface area contributed by atoms with Crippen LogP contribution in [0, 0.1) is 0 Å². The van der Waals surface area contributed by atoms with Crippen LogP contribution in [0.15, 0.2) is 12.4 Å². The lowest BCUT2D eigenvalue weighted by Crippen LogP contribution is -2.20. The predicted octanol–water partition coefficient (Wildman–Crippen LogP) is -0.492. The maximum absolute atomic E-state index is 8.41. The van der Waals surface area contributed by atoms with Gasteiger partial charge in [0.15, 0.2) is 0 Å². The van der Waals surface area contributed by atoms with Crippen molar-refractivity contribution in [2.24, 2.45) is 0 Å². The van der Waals surface area contributed by atoms with Crippen molar-refractivity contribution >= 4 is 0 Å². The summed E-state index contributed by atoms with van der Waals surface area (Å²) in [4.78, 5) is 7.04. The van der Waals surface area contributed by atoms with Crippen LogP contribution in [0.3, 0.4) is 0 Å². The Labute approximate surface area is 77.1 Å². The summed E-state index contributed by atoms with van der Waals surface area (Å²) in [5.41, 5.74) is 0. The van der Waals surface area contributed by atoms with Crippen molar-refractivity contribution in [3.63, 3.8) is 0 Å². The van der Waals surface area contributed by atoms with Crippen molar-refractivity contribution < 1.29 is 9.84 Å². The van der Waals surface area contributed by atoms with Gasteiger partial charge in [-0.25, -0.2) is 4.98 Å². The first kappa shape index (κ1) is 10.2. The van der Waals surface area contributed by atoms with Crippen LogP contribution in [0.25, 0.3) is 0 Å². The van der Waals surface area contributed by atoms with E-state index < -0.39 is 0 Å². The molecule has 74 valence electrons. The van der Waals surface area contributed by atoms with Crippen LogP contribution in [0.1, 0.15) is 5.82 Å². The van der Waals surface area contributed by atoms with Crippen LogP contribution in [-0.2, 0) is 11.3 Å². The van der Waals surface area contributed by atoms with Crippen molar-refractivity contribution in [2.75, 3.05) is 26.4 Å². The number of nitrogens with zero attached hydrogens (tertiary/aromatic N) is 1. The maximum atomic E-state index is 8.41. The largest absolute Gasteiger partial charge is 0.394 e. The number of aromatic amines is 1. The Bertz CT molecular complexity index is 201. The number of aliphatic hydroxyl groups excluding tert-OH is 1. The van der Waals surface area contributed by atoms with Gasteiger partial charge in [0.25, 0.3) is 0 Å². The summed E-state index contributed by atoms with van der Waals surface area (Å²) in [5.74, 6) is 0.919. The maximum Gasteiger partial charge on any atom is 0.120 e. The molecule has 1 aromatic rings. The average Bonchev–Trinajstić information content (AvgIpc) is 2.63. The zero-order valence-corrected chi connectivity index (χ0v) is 7.49. The van der Waals surface area contributed by atoms with E-state index in [1.807, 2.05) is 0 Å². The normalized spacial score (nSPS) is 10.5. The fraction of sp³-hybridized carbons (Fsp3) is 0.625. The van der Waals surface area contributed by atoms with Crippen molar-refractivity contribution in [1.82, 2.24) is 15.3 Å². The summed E-state index contributed by atoms with van der Waals surface area (Å²) in [6.45, 7) is 2.58. The highest BCUT2D eigenvalue weighted by Gasteiger charge is 1.92. The molecule has 0 atom stereocenters. The van der Waals surface area contributed by atoms with Crippen molar-refractivity contribution in [1.29, 1.82) is 0 Å². The summed E-state index contributed by atoms with van der Waals surface area (Å²) in [5, 5.41) is 11.6. The Morgan fingerprint density at radius 2 is 2.46 bits per heavy atom. The SMILES string of the molecule is OCCOCCNCc1ncc[nH]1. The molecule has 0 spiro atoms. The van der Waals surface area contributed by atoms with Gasteiger partial charge in [0.1, 0.15) is 5.82 Å². The molecule has 5 heteroatoms. The molecule has 0 aromatic carbocycles. The number of imidazole rings is 1. The van der Waals surface area contributed by atoms with E-state index in [9.17, 15) is 0 Å². The molecule has 3 N–H and O–H groups in total. The van der Waals surface area contributed by atoms with Gasteiger partial charge in [-0.15, -0.1) is 0 Å². The molecule has 0 aliphatic heterocycles. The molecule has 0 aliphatic carbocycles. The quantitative estimate of drug-likeness (QED) is 0.501. The second-order valence-electron chi connectivity index (χ2n) is 2.55. The first-order chi connectivity index (χ1) is 6.43. The van der Waals surface area contributed by atoms with Crippen LogP contribution < -0.4 is 5.32 Å². The lowest BCUT2D eigenvalue weighted by Gasteiger charge is -2.02. The molecule has 1 aromatic heterocycles. The number of aliphatic hydroxyl groups is 1. The van der Waals surface area contributed by atoms with Crippen molar-refractivity contribution in [2.45, 2.75) is 6.54 Å². The number of rotatable bonds is 7. The topological polar surface area (TPSA) is 70.2 Å². The third-order valence-electron chi connectivity index (χ3n) is 1.51. The van der Waals surface area contributed by atoms with Crippen LogP contribution >= 0.6 is 0 Å².